The van der Waals surface area contributed by atoms with Crippen molar-refractivity contribution in [2.75, 3.05) is 0 Å². The quantitative estimate of drug-likeness (QED) is 0.339. The summed E-state index contributed by atoms with van der Waals surface area (Å²) in [6, 6.07) is 0. The maximum Gasteiger partial charge on any atom is 1.00 e. The van der Waals surface area contributed by atoms with Crippen LogP contribution in [0.3, 0.4) is 0 Å². The van der Waals surface area contributed by atoms with Gasteiger partial charge in [-0.1, -0.05) is 0 Å². The average Bonchev–Trinajstić information content (AvgIpc) is 1.62. The van der Waals surface area contributed by atoms with Crippen molar-refractivity contribution in [2.24, 2.45) is 0 Å². The van der Waals surface area contributed by atoms with Gasteiger partial charge >= 0.3 is 39.7 Å². The molecule has 0 saturated heterocycles. The van der Waals surface area contributed by atoms with Crippen LogP contribution in [0.25, 0.3) is 0 Å². The van der Waals surface area contributed by atoms with E-state index in [0.29, 0.717) is 0 Å². The van der Waals surface area contributed by atoms with E-state index in [-0.39, 0.29) is 29.6 Å². The van der Waals surface area contributed by atoms with E-state index >= 15 is 0 Å². The molecule has 0 aliphatic rings. The van der Waals surface area contributed by atoms with Crippen LogP contribution in [-0.2, 0) is 14.9 Å². The van der Waals surface area contributed by atoms with Crippen molar-refractivity contribution in [3.63, 3.8) is 0 Å². The minimum Gasteiger partial charge on any atom is -0.546 e. The Morgan fingerprint density at radius 3 is 1.90 bits per heavy atom. The molecule has 0 amide bonds. The second-order valence-corrected chi connectivity index (χ2v) is 2.59. The summed E-state index contributed by atoms with van der Waals surface area (Å²) in [6.45, 7) is 0. The topological polar surface area (TPSA) is 94.5 Å². The number of rotatable bonds is 2. The first-order valence-electron chi connectivity index (χ1n) is 1.67. The summed E-state index contributed by atoms with van der Waals surface area (Å²) in [5.41, 5.74) is -3.35. The molecule has 0 fully saturated rings. The number of hydrogen-bond donors (Lipinski definition) is 1. The maximum atomic E-state index is 11.5. The normalized spacial score (nSPS) is 13.4. The number of carboxylic acids is 1. The Balaban J connectivity index is 0. The summed E-state index contributed by atoms with van der Waals surface area (Å²) in [7, 11) is -5.13. The van der Waals surface area contributed by atoms with E-state index in [2.05, 4.69) is 0 Å². The molecule has 0 bridgehead atoms. The number of alkyl halides is 1. The standard InChI is InChI=1S/C2H3FO5S.Na/c3-1(2(4)5)9(6,7)8;/h1H,(H,4,5)(H,6,7,8);/q;+1/p-1. The number of halogens is 1. The van der Waals surface area contributed by atoms with Gasteiger partial charge in [-0.15, -0.1) is 0 Å². The summed E-state index contributed by atoms with van der Waals surface area (Å²) in [5.74, 6) is -2.47. The van der Waals surface area contributed by atoms with E-state index in [1.165, 1.54) is 0 Å². The van der Waals surface area contributed by atoms with Crippen LogP contribution < -0.4 is 34.7 Å². The fourth-order valence-electron chi connectivity index (χ4n) is 0.122. The van der Waals surface area contributed by atoms with Gasteiger partial charge in [0.2, 0.25) is 0 Å². The molecule has 1 unspecified atom stereocenters. The largest absolute Gasteiger partial charge is 1.00 e. The van der Waals surface area contributed by atoms with Crippen LogP contribution in [0.2, 0.25) is 0 Å². The van der Waals surface area contributed by atoms with Gasteiger partial charge in [-0.25, -0.2) is 4.39 Å². The third-order valence-electron chi connectivity index (χ3n) is 0.447. The molecule has 1 N–H and O–H groups in total. The minimum atomic E-state index is -5.13. The van der Waals surface area contributed by atoms with Crippen LogP contribution in [0.5, 0.6) is 0 Å². The first kappa shape index (κ1) is 12.9. The smallest absolute Gasteiger partial charge is 0.546 e. The molecule has 0 aromatic heterocycles. The van der Waals surface area contributed by atoms with E-state index < -0.39 is 21.6 Å². The van der Waals surface area contributed by atoms with Crippen molar-refractivity contribution in [1.82, 2.24) is 0 Å². The van der Waals surface area contributed by atoms with Crippen molar-refractivity contribution in [1.29, 1.82) is 0 Å². The minimum absolute atomic E-state index is 0. The predicted molar refractivity (Wildman–Crippen MR) is 21.5 cm³/mol. The predicted octanol–water partition coefficient (Wildman–Crippen LogP) is -5.08. The van der Waals surface area contributed by atoms with Crippen molar-refractivity contribution in [3.8, 4) is 0 Å². The van der Waals surface area contributed by atoms with Gasteiger partial charge in [-0.2, -0.15) is 8.42 Å². The van der Waals surface area contributed by atoms with Gasteiger partial charge in [0.05, 0.1) is 5.97 Å². The van der Waals surface area contributed by atoms with Gasteiger partial charge in [-0.05, 0) is 0 Å². The van der Waals surface area contributed by atoms with Crippen molar-refractivity contribution >= 4 is 16.1 Å². The second kappa shape index (κ2) is 4.24. The Hall–Kier alpha value is 0.310. The van der Waals surface area contributed by atoms with Gasteiger partial charge < -0.3 is 9.90 Å². The first-order chi connectivity index (χ1) is 3.85. The summed E-state index contributed by atoms with van der Waals surface area (Å²) in [6.07, 6.45) is 0. The molecule has 0 rings (SSSR count). The summed E-state index contributed by atoms with van der Waals surface area (Å²) >= 11 is 0. The molecule has 0 spiro atoms. The molecule has 0 radical (unpaired) electrons. The number of carboxylic acid groups (broad SMARTS) is 1. The Bertz CT molecular complexity index is 210. The van der Waals surface area contributed by atoms with Crippen LogP contribution in [0.1, 0.15) is 0 Å². The Labute approximate surface area is 78.3 Å². The molecule has 54 valence electrons. The number of aliphatic carboxylic acids is 1. The zero-order valence-corrected chi connectivity index (χ0v) is 7.76. The molecule has 0 aromatic rings. The van der Waals surface area contributed by atoms with E-state index in [1.54, 1.807) is 0 Å². The zero-order valence-electron chi connectivity index (χ0n) is 4.94. The van der Waals surface area contributed by atoms with Crippen molar-refractivity contribution in [3.05, 3.63) is 0 Å². The molecule has 0 aliphatic heterocycles. The average molecular weight is 180 g/mol. The zero-order chi connectivity index (χ0) is 7.65. The number of carbonyl (C=O) groups is 1. The van der Waals surface area contributed by atoms with Gasteiger partial charge in [-0.3, -0.25) is 4.55 Å². The van der Waals surface area contributed by atoms with Crippen LogP contribution in [-0.4, -0.2) is 24.4 Å². The summed E-state index contributed by atoms with van der Waals surface area (Å²) < 4.78 is 38.2. The van der Waals surface area contributed by atoms with Crippen molar-refractivity contribution in [2.45, 2.75) is 5.50 Å². The fourth-order valence-corrected chi connectivity index (χ4v) is 0.365. The van der Waals surface area contributed by atoms with E-state index in [0.717, 1.165) is 0 Å². The molecule has 0 heterocycles. The number of hydrogen-bond acceptors (Lipinski definition) is 4. The Kier molecular flexibility index (Phi) is 5.49. The monoisotopic (exact) mass is 180 g/mol. The molecule has 8 heteroatoms. The second-order valence-electron chi connectivity index (χ2n) is 1.15. The molecule has 5 nitrogen and oxygen atoms in total. The third kappa shape index (κ3) is 4.18. The summed E-state index contributed by atoms with van der Waals surface area (Å²) in [4.78, 5) is 9.32. The molecular weight excluding hydrogens is 178 g/mol. The van der Waals surface area contributed by atoms with Gasteiger partial charge in [0, 0.05) is 0 Å². The molecule has 0 saturated carbocycles. The molecule has 0 aliphatic carbocycles. The van der Waals surface area contributed by atoms with E-state index in [1.807, 2.05) is 0 Å². The van der Waals surface area contributed by atoms with Gasteiger partial charge in [0.15, 0.2) is 0 Å². The maximum absolute atomic E-state index is 11.5. The summed E-state index contributed by atoms with van der Waals surface area (Å²) in [5, 5.41) is 9.32. The first-order valence-corrected chi connectivity index (χ1v) is 3.17. The number of carbonyl (C=O) groups excluding carboxylic acids is 1. The Morgan fingerprint density at radius 1 is 1.60 bits per heavy atom. The molecular formula is C2H2FNaO5S. The van der Waals surface area contributed by atoms with Gasteiger partial charge in [0.1, 0.15) is 0 Å². The molecule has 10 heavy (non-hydrogen) atoms. The van der Waals surface area contributed by atoms with Gasteiger partial charge in [0.25, 0.3) is 5.50 Å². The fraction of sp³-hybridized carbons (Fsp3) is 0.500. The van der Waals surface area contributed by atoms with E-state index in [4.69, 9.17) is 4.55 Å². The van der Waals surface area contributed by atoms with E-state index in [9.17, 15) is 22.7 Å². The van der Waals surface area contributed by atoms with Crippen LogP contribution in [0.4, 0.5) is 4.39 Å². The molecule has 1 atom stereocenters. The Morgan fingerprint density at radius 2 is 1.90 bits per heavy atom. The third-order valence-corrected chi connectivity index (χ3v) is 1.16. The molecule has 0 aromatic carbocycles. The van der Waals surface area contributed by atoms with Crippen LogP contribution >= 0.6 is 0 Å². The van der Waals surface area contributed by atoms with Crippen LogP contribution in [0.15, 0.2) is 0 Å². The van der Waals surface area contributed by atoms with Crippen LogP contribution in [0, 0.1) is 0 Å². The van der Waals surface area contributed by atoms with Crippen molar-refractivity contribution < 1.29 is 56.8 Å². The SMILES string of the molecule is O=C([O-])C(F)S(=O)(=O)O.[Na+].